The Morgan fingerprint density at radius 1 is 1.34 bits per heavy atom. The van der Waals surface area contributed by atoms with E-state index in [1.807, 2.05) is 0 Å². The Kier molecular flexibility index (Phi) is 7.85. The number of epoxide rings is 1. The van der Waals surface area contributed by atoms with Crippen LogP contribution in [-0.4, -0.2) is 63.6 Å². The molecule has 7 nitrogen and oxygen atoms in total. The molecule has 1 fully saturated rings. The molecule has 1 saturated heterocycles. The number of carbonyl (C=O) groups excluding carboxylic acids is 2. The number of rotatable bonds is 4. The fourth-order valence-corrected chi connectivity index (χ4v) is 5.66. The highest BCUT2D eigenvalue weighted by Crippen LogP contribution is 2.46. The van der Waals surface area contributed by atoms with Gasteiger partial charge in [0.1, 0.15) is 30.1 Å². The van der Waals surface area contributed by atoms with Gasteiger partial charge in [0.2, 0.25) is 0 Å². The van der Waals surface area contributed by atoms with E-state index in [9.17, 15) is 28.6 Å². The Hall–Kier alpha value is -2.01. The second-order valence-corrected chi connectivity index (χ2v) is 10.7. The molecule has 0 spiro atoms. The Labute approximate surface area is 206 Å². The quantitative estimate of drug-likeness (QED) is 0.471. The summed E-state index contributed by atoms with van der Waals surface area (Å²) in [6.07, 6.45) is 1.03. The summed E-state index contributed by atoms with van der Waals surface area (Å²) in [5.41, 5.74) is 0.293. The average Bonchev–Trinajstić information content (AvgIpc) is 3.31. The van der Waals surface area contributed by atoms with E-state index < -0.39 is 67.5 Å². The van der Waals surface area contributed by atoms with Gasteiger partial charge >= 0.3 is 5.97 Å². The number of nitrogens with zero attached hydrogens (tertiary/aromatic N) is 1. The summed E-state index contributed by atoms with van der Waals surface area (Å²) in [4.78, 5) is 29.7. The van der Waals surface area contributed by atoms with Gasteiger partial charge in [-0.15, -0.1) is 11.3 Å². The SMILES string of the molecule is C/C(=C\c1csc(CF)n1)[C@@H]1C[C@@H]2O[C@]2(CF)CCCC2C=C(C(=O)[C@H](C)[C@H]2O)[C@@H](O)CC(=O)O1. The number of halogens is 2. The Morgan fingerprint density at radius 3 is 2.80 bits per heavy atom. The highest BCUT2D eigenvalue weighted by molar-refractivity contribution is 7.09. The topological polar surface area (TPSA) is 109 Å². The molecule has 2 aliphatic heterocycles. The summed E-state index contributed by atoms with van der Waals surface area (Å²) in [6.45, 7) is 1.98. The van der Waals surface area contributed by atoms with E-state index in [0.717, 1.165) is 0 Å². The Bertz CT molecular complexity index is 1030. The number of hydrogen-bond donors (Lipinski definition) is 2. The monoisotopic (exact) mass is 511 g/mol. The van der Waals surface area contributed by atoms with Crippen LogP contribution in [0.2, 0.25) is 0 Å². The number of ether oxygens (including phenoxy) is 2. The van der Waals surface area contributed by atoms with Crippen LogP contribution in [0.15, 0.2) is 22.6 Å². The summed E-state index contributed by atoms with van der Waals surface area (Å²) in [6, 6.07) is 0. The van der Waals surface area contributed by atoms with Gasteiger partial charge in [-0.3, -0.25) is 9.59 Å². The highest BCUT2D eigenvalue weighted by atomic mass is 32.1. The van der Waals surface area contributed by atoms with E-state index in [4.69, 9.17) is 9.47 Å². The van der Waals surface area contributed by atoms with Gasteiger partial charge in [0.25, 0.3) is 0 Å². The van der Waals surface area contributed by atoms with E-state index >= 15 is 0 Å². The third kappa shape index (κ3) is 5.55. The van der Waals surface area contributed by atoms with Gasteiger partial charge < -0.3 is 19.7 Å². The van der Waals surface area contributed by atoms with Gasteiger partial charge in [0.15, 0.2) is 5.78 Å². The minimum Gasteiger partial charge on any atom is -0.458 e. The summed E-state index contributed by atoms with van der Waals surface area (Å²) >= 11 is 1.18. The molecule has 0 aromatic carbocycles. The zero-order valence-corrected chi connectivity index (χ0v) is 20.6. The number of cyclic esters (lactones) is 1. The fourth-order valence-electron chi connectivity index (χ4n) is 5.06. The lowest BCUT2D eigenvalue weighted by molar-refractivity contribution is -0.149. The molecule has 10 heteroatoms. The smallest absolute Gasteiger partial charge is 0.309 e. The number of esters is 1. The lowest BCUT2D eigenvalue weighted by atomic mass is 9.75. The normalized spacial score (nSPS) is 36.6. The van der Waals surface area contributed by atoms with Gasteiger partial charge in [-0.1, -0.05) is 13.0 Å². The maximum atomic E-state index is 14.0. The molecule has 0 amide bonds. The van der Waals surface area contributed by atoms with Crippen molar-refractivity contribution in [2.75, 3.05) is 6.67 Å². The molecule has 1 aliphatic carbocycles. The molecule has 35 heavy (non-hydrogen) atoms. The van der Waals surface area contributed by atoms with E-state index in [1.54, 1.807) is 31.4 Å². The number of ketones is 1. The molecular formula is C25H31F2NO6S. The number of Topliss-reactive ketones (excluding diaryl/α,β-unsaturated/α-hetero) is 1. The van der Waals surface area contributed by atoms with Gasteiger partial charge in [-0.05, 0) is 37.8 Å². The molecule has 0 saturated carbocycles. The minimum atomic E-state index is -1.35. The molecule has 4 rings (SSSR count). The third-order valence-electron chi connectivity index (χ3n) is 7.30. The number of hydrogen-bond acceptors (Lipinski definition) is 8. The van der Waals surface area contributed by atoms with Crippen LogP contribution in [0.3, 0.4) is 0 Å². The molecule has 7 atom stereocenters. The van der Waals surface area contributed by atoms with Crippen molar-refractivity contribution in [2.24, 2.45) is 11.8 Å². The van der Waals surface area contributed by atoms with Gasteiger partial charge in [0.05, 0.1) is 30.4 Å². The van der Waals surface area contributed by atoms with E-state index in [2.05, 4.69) is 4.98 Å². The lowest BCUT2D eigenvalue weighted by Crippen LogP contribution is -2.40. The predicted molar refractivity (Wildman–Crippen MR) is 125 cm³/mol. The first-order valence-electron chi connectivity index (χ1n) is 11.9. The minimum absolute atomic E-state index is 0.104. The first-order chi connectivity index (χ1) is 16.7. The Balaban J connectivity index is 1.60. The second kappa shape index (κ2) is 10.5. The van der Waals surface area contributed by atoms with Crippen molar-refractivity contribution < 1.29 is 38.1 Å². The molecule has 2 N–H and O–H groups in total. The highest BCUT2D eigenvalue weighted by Gasteiger charge is 2.57. The largest absolute Gasteiger partial charge is 0.458 e. The molecule has 1 unspecified atom stereocenters. The van der Waals surface area contributed by atoms with Crippen molar-refractivity contribution in [2.45, 2.75) is 82.6 Å². The van der Waals surface area contributed by atoms with Gasteiger partial charge in [0, 0.05) is 29.2 Å². The maximum Gasteiger partial charge on any atom is 0.309 e. The maximum absolute atomic E-state index is 14.0. The van der Waals surface area contributed by atoms with Crippen molar-refractivity contribution in [3.63, 3.8) is 0 Å². The first kappa shape index (κ1) is 26.1. The number of fused-ring (bicyclic) bond motifs is 2. The molecule has 1 aromatic rings. The van der Waals surface area contributed by atoms with Crippen LogP contribution in [0.4, 0.5) is 8.78 Å². The van der Waals surface area contributed by atoms with Gasteiger partial charge in [-0.25, -0.2) is 13.8 Å². The molecular weight excluding hydrogens is 480 g/mol. The van der Waals surface area contributed by atoms with E-state index in [-0.39, 0.29) is 17.9 Å². The zero-order valence-electron chi connectivity index (χ0n) is 19.8. The number of aliphatic hydroxyl groups is 2. The summed E-state index contributed by atoms with van der Waals surface area (Å²) < 4.78 is 38.4. The molecule has 0 radical (unpaired) electrons. The number of thiazole rings is 1. The zero-order chi connectivity index (χ0) is 25.3. The van der Waals surface area contributed by atoms with Crippen molar-refractivity contribution >= 4 is 29.2 Å². The number of alkyl halides is 2. The van der Waals surface area contributed by atoms with Crippen molar-refractivity contribution in [1.29, 1.82) is 0 Å². The fraction of sp³-hybridized carbons (Fsp3) is 0.640. The molecule has 192 valence electrons. The standard InChI is InChI=1S/C25H31F2NO6S/c1-13(6-16-11-35-21(10-26)28-16)19-9-20-25(12-27,34-20)5-3-4-15-7-17(18(29)8-22(30)33-19)24(32)14(2)23(15)31/h6-7,11,14-15,18-20,23,29,31H,3-5,8-10,12H2,1-2H3/b13-6+/t14-,15?,18+,19+,20+,23-,25+/m1/s1. The number of carbonyl (C=O) groups is 2. The second-order valence-electron chi connectivity index (χ2n) is 9.75. The van der Waals surface area contributed by atoms with Crippen LogP contribution in [0, 0.1) is 11.8 Å². The van der Waals surface area contributed by atoms with Crippen LogP contribution < -0.4 is 0 Å². The third-order valence-corrected chi connectivity index (χ3v) is 8.13. The van der Waals surface area contributed by atoms with E-state index in [1.165, 1.54) is 11.3 Å². The number of aromatic nitrogens is 1. The molecule has 2 bridgehead atoms. The predicted octanol–water partition coefficient (Wildman–Crippen LogP) is 3.48. The van der Waals surface area contributed by atoms with Crippen molar-refractivity contribution in [1.82, 2.24) is 4.98 Å². The van der Waals surface area contributed by atoms with Crippen LogP contribution >= 0.6 is 11.3 Å². The van der Waals surface area contributed by atoms with Gasteiger partial charge in [-0.2, -0.15) is 0 Å². The summed E-state index contributed by atoms with van der Waals surface area (Å²) in [5, 5.41) is 23.3. The first-order valence-corrected chi connectivity index (χ1v) is 12.8. The van der Waals surface area contributed by atoms with Crippen molar-refractivity contribution in [3.8, 4) is 0 Å². The average molecular weight is 512 g/mol. The molecule has 1 aromatic heterocycles. The Morgan fingerprint density at radius 2 is 2.11 bits per heavy atom. The molecule has 3 heterocycles. The van der Waals surface area contributed by atoms with Crippen LogP contribution in [-0.2, 0) is 25.7 Å². The number of aliphatic hydroxyl groups excluding tert-OH is 2. The lowest BCUT2D eigenvalue weighted by Gasteiger charge is -2.32. The summed E-state index contributed by atoms with van der Waals surface area (Å²) in [7, 11) is 0. The van der Waals surface area contributed by atoms with Crippen molar-refractivity contribution in [3.05, 3.63) is 33.3 Å². The molecule has 3 aliphatic rings. The van der Waals surface area contributed by atoms with Crippen LogP contribution in [0.5, 0.6) is 0 Å². The summed E-state index contributed by atoms with van der Waals surface area (Å²) in [5.74, 6) is -2.22. The van der Waals surface area contributed by atoms with E-state index in [0.29, 0.717) is 35.5 Å². The van der Waals surface area contributed by atoms with Crippen LogP contribution in [0.1, 0.15) is 56.7 Å². The van der Waals surface area contributed by atoms with Crippen LogP contribution in [0.25, 0.3) is 6.08 Å².